The molecule has 1 aromatic heterocycles. The minimum atomic E-state index is -0.403. The van der Waals surface area contributed by atoms with E-state index in [1.54, 1.807) is 7.05 Å². The number of aromatic nitrogens is 2. The van der Waals surface area contributed by atoms with Gasteiger partial charge in [-0.15, -0.1) is 0 Å². The van der Waals surface area contributed by atoms with Gasteiger partial charge in [0.1, 0.15) is 5.75 Å². The molecule has 0 radical (unpaired) electrons. The van der Waals surface area contributed by atoms with E-state index in [2.05, 4.69) is 5.10 Å². The molecule has 1 aromatic carbocycles. The maximum absolute atomic E-state index is 11.8. The van der Waals surface area contributed by atoms with Crippen LogP contribution in [0.5, 0.6) is 5.75 Å². The van der Waals surface area contributed by atoms with Crippen LogP contribution >= 0.6 is 0 Å². The Balaban J connectivity index is 1.89. The fourth-order valence-electron chi connectivity index (χ4n) is 2.20. The number of esters is 1. The highest BCUT2D eigenvalue weighted by Crippen LogP contribution is 2.25. The lowest BCUT2D eigenvalue weighted by Gasteiger charge is -2.25. The molecule has 2 aromatic rings. The van der Waals surface area contributed by atoms with Crippen molar-refractivity contribution >= 4 is 16.9 Å². The Bertz CT molecular complexity index is 646. The first-order valence-electron chi connectivity index (χ1n) is 6.44. The van der Waals surface area contributed by atoms with Gasteiger partial charge in [-0.1, -0.05) is 0 Å². The number of methoxy groups -OCH3 is 1. The summed E-state index contributed by atoms with van der Waals surface area (Å²) in [6, 6.07) is 5.53. The summed E-state index contributed by atoms with van der Waals surface area (Å²) in [6.45, 7) is 2.13. The van der Waals surface area contributed by atoms with Crippen molar-refractivity contribution in [3.05, 3.63) is 23.9 Å². The van der Waals surface area contributed by atoms with Gasteiger partial charge < -0.3 is 14.2 Å². The molecule has 0 N–H and O–H groups in total. The van der Waals surface area contributed by atoms with Gasteiger partial charge >= 0.3 is 5.97 Å². The largest absolute Gasteiger partial charge is 0.493 e. The smallest absolute Gasteiger partial charge is 0.356 e. The Hall–Kier alpha value is -2.08. The van der Waals surface area contributed by atoms with Crippen LogP contribution in [-0.4, -0.2) is 42.7 Å². The minimum absolute atomic E-state index is 0.403. The average Bonchev–Trinajstić information content (AvgIpc) is 2.71. The second kappa shape index (κ2) is 5.13. The van der Waals surface area contributed by atoms with Crippen LogP contribution in [0.2, 0.25) is 0 Å². The molecule has 0 amide bonds. The second-order valence-corrected chi connectivity index (χ2v) is 4.86. The number of carbonyl (C=O) groups excluding carboxylic acids is 1. The summed E-state index contributed by atoms with van der Waals surface area (Å²) in [7, 11) is 3.08. The third kappa shape index (κ3) is 2.22. The molecule has 0 aliphatic carbocycles. The minimum Gasteiger partial charge on any atom is -0.493 e. The molecule has 3 rings (SSSR count). The van der Waals surface area contributed by atoms with E-state index in [4.69, 9.17) is 14.2 Å². The molecule has 106 valence electrons. The molecule has 0 unspecified atom stereocenters. The van der Waals surface area contributed by atoms with Crippen molar-refractivity contribution in [3.63, 3.8) is 0 Å². The highest BCUT2D eigenvalue weighted by molar-refractivity contribution is 6.02. The molecule has 1 saturated heterocycles. The lowest BCUT2D eigenvalue weighted by molar-refractivity contribution is -0.0508. The number of ether oxygens (including phenoxy) is 3. The summed E-state index contributed by atoms with van der Waals surface area (Å²) in [5, 5.41) is 5.02. The van der Waals surface area contributed by atoms with E-state index in [0.717, 1.165) is 29.9 Å². The van der Waals surface area contributed by atoms with Crippen molar-refractivity contribution in [1.82, 2.24) is 9.78 Å². The molecule has 1 aliphatic heterocycles. The van der Waals surface area contributed by atoms with Crippen molar-refractivity contribution < 1.29 is 19.0 Å². The number of hydrogen-bond acceptors (Lipinski definition) is 5. The van der Waals surface area contributed by atoms with Gasteiger partial charge in [0.25, 0.3) is 0 Å². The molecular weight excluding hydrogens is 260 g/mol. The summed E-state index contributed by atoms with van der Waals surface area (Å²) < 4.78 is 17.2. The van der Waals surface area contributed by atoms with Gasteiger partial charge in [0.2, 0.25) is 0 Å². The summed E-state index contributed by atoms with van der Waals surface area (Å²) >= 11 is 0. The van der Waals surface area contributed by atoms with Crippen LogP contribution in [-0.2, 0) is 16.5 Å². The Morgan fingerprint density at radius 1 is 1.50 bits per heavy atom. The normalized spacial score (nSPS) is 15.1. The zero-order chi connectivity index (χ0) is 14.1. The van der Waals surface area contributed by atoms with Crippen molar-refractivity contribution in [1.29, 1.82) is 0 Å². The molecule has 0 atom stereocenters. The predicted octanol–water partition coefficient (Wildman–Crippen LogP) is 1.39. The van der Waals surface area contributed by atoms with Gasteiger partial charge in [-0.3, -0.25) is 4.68 Å². The van der Waals surface area contributed by atoms with Crippen LogP contribution in [0.1, 0.15) is 10.5 Å². The monoisotopic (exact) mass is 276 g/mol. The summed E-state index contributed by atoms with van der Waals surface area (Å²) in [5.74, 6) is 0.779. The number of fused-ring (bicyclic) bond motifs is 1. The quantitative estimate of drug-likeness (QED) is 0.790. The van der Waals surface area contributed by atoms with Crippen LogP contribution in [0.4, 0.5) is 0 Å². The van der Waals surface area contributed by atoms with E-state index in [0.29, 0.717) is 18.2 Å². The van der Waals surface area contributed by atoms with E-state index in [9.17, 15) is 4.79 Å². The molecular formula is C14H16N2O4. The molecule has 6 heteroatoms. The molecule has 0 spiro atoms. The molecule has 1 aliphatic rings. The third-order valence-corrected chi connectivity index (χ3v) is 3.38. The van der Waals surface area contributed by atoms with Crippen LogP contribution in [0.15, 0.2) is 18.2 Å². The zero-order valence-corrected chi connectivity index (χ0v) is 11.5. The first kappa shape index (κ1) is 12.9. The maximum Gasteiger partial charge on any atom is 0.356 e. The Morgan fingerprint density at radius 3 is 2.95 bits per heavy atom. The third-order valence-electron chi connectivity index (χ3n) is 3.38. The van der Waals surface area contributed by atoms with Crippen LogP contribution in [0, 0.1) is 5.92 Å². The van der Waals surface area contributed by atoms with Crippen molar-refractivity contribution in [2.45, 2.75) is 0 Å². The molecule has 20 heavy (non-hydrogen) atoms. The fourth-order valence-corrected chi connectivity index (χ4v) is 2.20. The lowest BCUT2D eigenvalue weighted by atomic mass is 10.1. The first-order chi connectivity index (χ1) is 9.69. The van der Waals surface area contributed by atoms with Crippen molar-refractivity contribution in [3.8, 4) is 5.75 Å². The molecule has 1 fully saturated rings. The first-order valence-corrected chi connectivity index (χ1v) is 6.44. The Kier molecular flexibility index (Phi) is 3.31. The molecule has 2 heterocycles. The van der Waals surface area contributed by atoms with Gasteiger partial charge in [-0.2, -0.15) is 5.10 Å². The molecule has 0 bridgehead atoms. The average molecular weight is 276 g/mol. The van der Waals surface area contributed by atoms with Crippen LogP contribution in [0.3, 0.4) is 0 Å². The summed E-state index contributed by atoms with van der Waals surface area (Å²) in [6.07, 6.45) is 0. The van der Waals surface area contributed by atoms with Gasteiger partial charge in [0.05, 0.1) is 32.4 Å². The summed E-state index contributed by atoms with van der Waals surface area (Å²) in [4.78, 5) is 11.8. The van der Waals surface area contributed by atoms with Crippen LogP contribution < -0.4 is 4.74 Å². The molecule has 0 saturated carbocycles. The van der Waals surface area contributed by atoms with Gasteiger partial charge in [-0.25, -0.2) is 4.79 Å². The van der Waals surface area contributed by atoms with E-state index < -0.39 is 5.97 Å². The SMILES string of the molecule is COC(=O)c1c2cc(OCC3COC3)ccc2nn1C. The van der Waals surface area contributed by atoms with Crippen molar-refractivity contribution in [2.24, 2.45) is 13.0 Å². The lowest BCUT2D eigenvalue weighted by Crippen LogP contribution is -2.32. The van der Waals surface area contributed by atoms with Gasteiger partial charge in [0.15, 0.2) is 5.69 Å². The highest BCUT2D eigenvalue weighted by Gasteiger charge is 2.20. The van der Waals surface area contributed by atoms with E-state index >= 15 is 0 Å². The zero-order valence-electron chi connectivity index (χ0n) is 11.5. The number of benzene rings is 1. The van der Waals surface area contributed by atoms with E-state index in [1.807, 2.05) is 18.2 Å². The second-order valence-electron chi connectivity index (χ2n) is 4.86. The van der Waals surface area contributed by atoms with Gasteiger partial charge in [0, 0.05) is 18.4 Å². The Labute approximate surface area is 116 Å². The number of aryl methyl sites for hydroxylation is 1. The fraction of sp³-hybridized carbons (Fsp3) is 0.429. The highest BCUT2D eigenvalue weighted by atomic mass is 16.5. The number of rotatable bonds is 4. The standard InChI is InChI=1S/C14H16N2O4/c1-16-13(14(17)18-2)11-5-10(3-4-12(11)15-16)20-8-9-6-19-7-9/h3-5,9H,6-8H2,1-2H3. The number of hydrogen-bond donors (Lipinski definition) is 0. The topological polar surface area (TPSA) is 62.6 Å². The van der Waals surface area contributed by atoms with Crippen molar-refractivity contribution in [2.75, 3.05) is 26.9 Å². The van der Waals surface area contributed by atoms with E-state index in [-0.39, 0.29) is 0 Å². The Morgan fingerprint density at radius 2 is 2.30 bits per heavy atom. The van der Waals surface area contributed by atoms with Gasteiger partial charge in [-0.05, 0) is 18.2 Å². The predicted molar refractivity (Wildman–Crippen MR) is 71.9 cm³/mol. The number of nitrogens with zero attached hydrogens (tertiary/aromatic N) is 2. The van der Waals surface area contributed by atoms with Crippen LogP contribution in [0.25, 0.3) is 10.9 Å². The number of carbonyl (C=O) groups is 1. The molecule has 6 nitrogen and oxygen atoms in total. The summed E-state index contributed by atoms with van der Waals surface area (Å²) in [5.41, 5.74) is 1.17. The van der Waals surface area contributed by atoms with E-state index in [1.165, 1.54) is 11.8 Å². The maximum atomic E-state index is 11.8.